The van der Waals surface area contributed by atoms with Crippen LogP contribution in [-0.4, -0.2) is 35.2 Å². The van der Waals surface area contributed by atoms with Gasteiger partial charge in [0.1, 0.15) is 17.7 Å². The molecule has 1 saturated carbocycles. The van der Waals surface area contributed by atoms with Gasteiger partial charge in [-0.2, -0.15) is 0 Å². The van der Waals surface area contributed by atoms with Crippen molar-refractivity contribution in [2.24, 2.45) is 0 Å². The van der Waals surface area contributed by atoms with Crippen LogP contribution in [0.15, 0.2) is 54.6 Å². The van der Waals surface area contributed by atoms with E-state index in [4.69, 9.17) is 11.6 Å². The molecule has 166 valence electrons. The second-order valence-electron chi connectivity index (χ2n) is 8.11. The highest BCUT2D eigenvalue weighted by Crippen LogP contribution is 2.25. The quantitative estimate of drug-likeness (QED) is 0.459. The van der Waals surface area contributed by atoms with Gasteiger partial charge < -0.3 is 10.2 Å². The summed E-state index contributed by atoms with van der Waals surface area (Å²) in [6, 6.07) is 14.8. The van der Waals surface area contributed by atoms with Gasteiger partial charge in [-0.1, -0.05) is 68.1 Å². The summed E-state index contributed by atoms with van der Waals surface area (Å²) in [5.74, 6) is -1.15. The molecule has 1 aliphatic carbocycles. The molecule has 0 spiro atoms. The topological polar surface area (TPSA) is 49.4 Å². The number of rotatable bonds is 8. The Morgan fingerprint density at radius 3 is 2.26 bits per heavy atom. The van der Waals surface area contributed by atoms with E-state index < -0.39 is 6.04 Å². The van der Waals surface area contributed by atoms with Crippen LogP contribution < -0.4 is 5.32 Å². The zero-order chi connectivity index (χ0) is 22.1. The van der Waals surface area contributed by atoms with Gasteiger partial charge in [-0.25, -0.2) is 4.39 Å². The van der Waals surface area contributed by atoms with E-state index >= 15 is 0 Å². The van der Waals surface area contributed by atoms with Crippen LogP contribution in [0.4, 0.5) is 4.39 Å². The third kappa shape index (κ3) is 6.79. The number of alkyl halides is 1. The Balaban J connectivity index is 1.85. The fourth-order valence-electron chi connectivity index (χ4n) is 4.19. The number of nitrogens with zero attached hydrogens (tertiary/aromatic N) is 1. The maximum Gasteiger partial charge on any atom is 0.247 e. The second kappa shape index (κ2) is 11.8. The van der Waals surface area contributed by atoms with Crippen molar-refractivity contribution in [1.82, 2.24) is 10.2 Å². The Bertz CT molecular complexity index is 836. The lowest BCUT2D eigenvalue weighted by molar-refractivity contribution is -0.139. The lowest BCUT2D eigenvalue weighted by Gasteiger charge is -2.32. The number of hydrogen-bond donors (Lipinski definition) is 1. The minimum atomic E-state index is -0.848. The molecule has 0 aliphatic heterocycles. The Hall–Kier alpha value is -2.40. The van der Waals surface area contributed by atoms with Crippen LogP contribution in [0.1, 0.15) is 55.7 Å². The van der Waals surface area contributed by atoms with Gasteiger partial charge in [0.25, 0.3) is 0 Å². The average molecular weight is 445 g/mol. The first-order chi connectivity index (χ1) is 15.1. The first-order valence-electron chi connectivity index (χ1n) is 11.0. The molecule has 3 rings (SSSR count). The van der Waals surface area contributed by atoms with Crippen molar-refractivity contribution >= 4 is 23.4 Å². The molecular weight excluding hydrogens is 415 g/mol. The van der Waals surface area contributed by atoms with Crippen molar-refractivity contribution < 1.29 is 14.0 Å². The van der Waals surface area contributed by atoms with Crippen LogP contribution in [0.3, 0.4) is 0 Å². The molecule has 6 heteroatoms. The predicted octanol–water partition coefficient (Wildman–Crippen LogP) is 5.02. The standard InChI is InChI=1S/C25H30ClFN2O2/c26-18-23(30)29(17-16-19-8-4-3-5-9-19)24(20-12-14-21(27)15-13-20)25(31)28-22-10-6-1-2-7-11-22/h3-5,8-9,12-15,22,24H,1-2,6-7,10-11,16-18H2,(H,28,31)/t24-/m0/s1. The lowest BCUT2D eigenvalue weighted by Crippen LogP contribution is -2.47. The summed E-state index contributed by atoms with van der Waals surface area (Å²) in [4.78, 5) is 27.8. The van der Waals surface area contributed by atoms with Crippen molar-refractivity contribution in [2.45, 2.75) is 57.0 Å². The highest BCUT2D eigenvalue weighted by molar-refractivity contribution is 6.27. The number of hydrogen-bond acceptors (Lipinski definition) is 2. The largest absolute Gasteiger partial charge is 0.351 e. The summed E-state index contributed by atoms with van der Waals surface area (Å²) >= 11 is 5.92. The van der Waals surface area contributed by atoms with E-state index in [-0.39, 0.29) is 29.6 Å². The molecule has 2 aromatic rings. The zero-order valence-electron chi connectivity index (χ0n) is 17.7. The molecule has 0 bridgehead atoms. The highest BCUT2D eigenvalue weighted by Gasteiger charge is 2.32. The van der Waals surface area contributed by atoms with E-state index in [0.29, 0.717) is 18.5 Å². The molecule has 1 fully saturated rings. The van der Waals surface area contributed by atoms with Crippen molar-refractivity contribution in [3.63, 3.8) is 0 Å². The molecule has 1 N–H and O–H groups in total. The molecule has 0 saturated heterocycles. The van der Waals surface area contributed by atoms with Gasteiger partial charge in [-0.15, -0.1) is 11.6 Å². The monoisotopic (exact) mass is 444 g/mol. The van der Waals surface area contributed by atoms with Crippen LogP contribution in [-0.2, 0) is 16.0 Å². The smallest absolute Gasteiger partial charge is 0.247 e. The molecule has 1 atom stereocenters. The summed E-state index contributed by atoms with van der Waals surface area (Å²) in [6.07, 6.45) is 7.01. The third-order valence-electron chi connectivity index (χ3n) is 5.87. The van der Waals surface area contributed by atoms with E-state index in [1.54, 1.807) is 12.1 Å². The molecule has 31 heavy (non-hydrogen) atoms. The number of amides is 2. The number of nitrogens with one attached hydrogen (secondary N) is 1. The molecular formula is C25H30ClFN2O2. The van der Waals surface area contributed by atoms with E-state index in [2.05, 4.69) is 5.32 Å². The normalized spacial score (nSPS) is 15.7. The van der Waals surface area contributed by atoms with E-state index in [0.717, 1.165) is 31.2 Å². The van der Waals surface area contributed by atoms with Gasteiger partial charge in [-0.05, 0) is 42.5 Å². The molecule has 0 aromatic heterocycles. The fourth-order valence-corrected chi connectivity index (χ4v) is 4.34. The number of halogens is 2. The van der Waals surface area contributed by atoms with Crippen molar-refractivity contribution in [2.75, 3.05) is 12.4 Å². The Morgan fingerprint density at radius 1 is 1.00 bits per heavy atom. The van der Waals surface area contributed by atoms with Crippen LogP contribution in [0.2, 0.25) is 0 Å². The number of carbonyl (C=O) groups excluding carboxylic acids is 2. The SMILES string of the molecule is O=C(NC1CCCCCC1)[C@H](c1ccc(F)cc1)N(CCc1ccccc1)C(=O)CCl. The van der Waals surface area contributed by atoms with Crippen LogP contribution in [0, 0.1) is 5.82 Å². The number of benzene rings is 2. The summed E-state index contributed by atoms with van der Waals surface area (Å²) < 4.78 is 13.6. The summed E-state index contributed by atoms with van der Waals surface area (Å²) in [6.45, 7) is 0.343. The second-order valence-corrected chi connectivity index (χ2v) is 8.37. The summed E-state index contributed by atoms with van der Waals surface area (Å²) in [5, 5.41) is 3.16. The lowest BCUT2D eigenvalue weighted by atomic mass is 10.0. The zero-order valence-corrected chi connectivity index (χ0v) is 18.5. The molecule has 0 radical (unpaired) electrons. The van der Waals surface area contributed by atoms with Gasteiger partial charge >= 0.3 is 0 Å². The van der Waals surface area contributed by atoms with Crippen molar-refractivity contribution in [3.8, 4) is 0 Å². The Kier molecular flexibility index (Phi) is 8.89. The van der Waals surface area contributed by atoms with Gasteiger partial charge in [0.15, 0.2) is 0 Å². The third-order valence-corrected chi connectivity index (χ3v) is 6.09. The molecule has 2 amide bonds. The molecule has 1 aliphatic rings. The van der Waals surface area contributed by atoms with Crippen LogP contribution in [0.5, 0.6) is 0 Å². The van der Waals surface area contributed by atoms with Crippen LogP contribution in [0.25, 0.3) is 0 Å². The highest BCUT2D eigenvalue weighted by atomic mass is 35.5. The fraction of sp³-hybridized carbons (Fsp3) is 0.440. The molecule has 0 unspecified atom stereocenters. The molecule has 0 heterocycles. The average Bonchev–Trinajstić information content (AvgIpc) is 3.06. The maximum absolute atomic E-state index is 13.6. The van der Waals surface area contributed by atoms with Crippen molar-refractivity contribution in [1.29, 1.82) is 0 Å². The number of carbonyl (C=O) groups is 2. The summed E-state index contributed by atoms with van der Waals surface area (Å²) in [7, 11) is 0. The maximum atomic E-state index is 13.6. The van der Waals surface area contributed by atoms with Gasteiger partial charge in [0, 0.05) is 12.6 Å². The molecule has 4 nitrogen and oxygen atoms in total. The van der Waals surface area contributed by atoms with E-state index in [1.165, 1.54) is 29.9 Å². The van der Waals surface area contributed by atoms with E-state index in [1.807, 2.05) is 30.3 Å². The van der Waals surface area contributed by atoms with Gasteiger partial charge in [-0.3, -0.25) is 9.59 Å². The van der Waals surface area contributed by atoms with Gasteiger partial charge in [0.05, 0.1) is 0 Å². The Labute approximate surface area is 188 Å². The Morgan fingerprint density at radius 2 is 1.65 bits per heavy atom. The minimum Gasteiger partial charge on any atom is -0.351 e. The first kappa shape index (κ1) is 23.3. The molecule has 2 aromatic carbocycles. The minimum absolute atomic E-state index is 0.0972. The van der Waals surface area contributed by atoms with Crippen LogP contribution >= 0.6 is 11.6 Å². The van der Waals surface area contributed by atoms with Gasteiger partial charge in [0.2, 0.25) is 11.8 Å². The predicted molar refractivity (Wildman–Crippen MR) is 121 cm³/mol. The summed E-state index contributed by atoms with van der Waals surface area (Å²) in [5.41, 5.74) is 1.65. The first-order valence-corrected chi connectivity index (χ1v) is 11.6. The van der Waals surface area contributed by atoms with Crippen molar-refractivity contribution in [3.05, 3.63) is 71.5 Å². The van der Waals surface area contributed by atoms with E-state index in [9.17, 15) is 14.0 Å².